The van der Waals surface area contributed by atoms with Gasteiger partial charge in [0, 0.05) is 59.9 Å². The van der Waals surface area contributed by atoms with Gasteiger partial charge >= 0.3 is 5.97 Å². The second-order valence-electron chi connectivity index (χ2n) is 8.93. The molecule has 0 amide bonds. The van der Waals surface area contributed by atoms with Crippen molar-refractivity contribution in [2.45, 2.75) is 18.9 Å². The average molecular weight is 473 g/mol. The molecule has 0 bridgehead atoms. The highest BCUT2D eigenvalue weighted by atomic mass is 16.5. The first kappa shape index (κ1) is 23.0. The summed E-state index contributed by atoms with van der Waals surface area (Å²) in [4.78, 5) is 19.7. The lowest BCUT2D eigenvalue weighted by Crippen LogP contribution is -2.46. The van der Waals surface area contributed by atoms with E-state index in [-0.39, 0.29) is 5.76 Å². The van der Waals surface area contributed by atoms with Crippen LogP contribution in [0.25, 0.3) is 21.9 Å². The first-order valence-corrected chi connectivity index (χ1v) is 11.8. The molecular weight excluding hydrogens is 444 g/mol. The predicted molar refractivity (Wildman–Crippen MR) is 133 cm³/mol. The molecule has 2 aromatic carbocycles. The van der Waals surface area contributed by atoms with Crippen molar-refractivity contribution in [3.8, 4) is 6.07 Å². The highest BCUT2D eigenvalue weighted by Crippen LogP contribution is 2.29. The molecular formula is C27H28N4O4. The molecule has 0 aliphatic carbocycles. The minimum Gasteiger partial charge on any atom is -0.463 e. The van der Waals surface area contributed by atoms with Gasteiger partial charge in [0.2, 0.25) is 5.76 Å². The van der Waals surface area contributed by atoms with E-state index in [2.05, 4.69) is 26.9 Å². The highest BCUT2D eigenvalue weighted by molar-refractivity contribution is 5.93. The molecule has 1 atom stereocenters. The van der Waals surface area contributed by atoms with E-state index in [9.17, 15) is 9.90 Å². The van der Waals surface area contributed by atoms with Gasteiger partial charge in [-0.15, -0.1) is 0 Å². The Kier molecular flexibility index (Phi) is 6.45. The van der Waals surface area contributed by atoms with Crippen molar-refractivity contribution in [3.63, 3.8) is 0 Å². The zero-order chi connectivity index (χ0) is 24.4. The number of nitriles is 1. The van der Waals surface area contributed by atoms with Gasteiger partial charge in [0.25, 0.3) is 0 Å². The standard InChI is InChI=1S/C27H28N4O4/c1-34-27(33)26-15-19-14-20(5-7-25(19)35-26)31-11-9-30(10-12-31)8-2-3-24(32)22-17-29-23-6-4-18(16-28)13-21(22)23/h4-7,13-15,17,24,29,32H,2-3,8-12H2,1H3/t24-/m0/s1. The Morgan fingerprint density at radius 2 is 2.03 bits per heavy atom. The van der Waals surface area contributed by atoms with Gasteiger partial charge < -0.3 is 24.1 Å². The topological polar surface area (TPSA) is 106 Å². The van der Waals surface area contributed by atoms with E-state index in [1.807, 2.05) is 30.5 Å². The largest absolute Gasteiger partial charge is 0.463 e. The summed E-state index contributed by atoms with van der Waals surface area (Å²) in [5, 5.41) is 21.7. The molecule has 1 fully saturated rings. The van der Waals surface area contributed by atoms with E-state index in [0.29, 0.717) is 17.6 Å². The molecule has 2 N–H and O–H groups in total. The number of piperazine rings is 1. The number of benzene rings is 2. The number of aromatic amines is 1. The third-order valence-corrected chi connectivity index (χ3v) is 6.78. The predicted octanol–water partition coefficient (Wildman–Crippen LogP) is 4.21. The van der Waals surface area contributed by atoms with Crippen LogP contribution in [0.2, 0.25) is 0 Å². The summed E-state index contributed by atoms with van der Waals surface area (Å²) < 4.78 is 10.3. The number of aliphatic hydroxyl groups is 1. The van der Waals surface area contributed by atoms with Crippen molar-refractivity contribution in [2.75, 3.05) is 44.7 Å². The first-order chi connectivity index (χ1) is 17.1. The lowest BCUT2D eigenvalue weighted by Gasteiger charge is -2.36. The van der Waals surface area contributed by atoms with Crippen LogP contribution in [0.4, 0.5) is 5.69 Å². The Morgan fingerprint density at radius 3 is 2.80 bits per heavy atom. The molecule has 2 aromatic heterocycles. The molecule has 1 aliphatic rings. The number of ether oxygens (including phenoxy) is 1. The SMILES string of the molecule is COC(=O)c1cc2cc(N3CCN(CCC[C@H](O)c4c[nH]c5ccc(C#N)cc45)CC3)ccc2o1. The summed E-state index contributed by atoms with van der Waals surface area (Å²) in [6.07, 6.45) is 2.85. The number of aromatic nitrogens is 1. The number of anilines is 1. The molecule has 8 heteroatoms. The maximum absolute atomic E-state index is 11.7. The van der Waals surface area contributed by atoms with Gasteiger partial charge in [-0.25, -0.2) is 4.79 Å². The zero-order valence-electron chi connectivity index (χ0n) is 19.7. The van der Waals surface area contributed by atoms with Gasteiger partial charge in [0.05, 0.1) is 24.8 Å². The minimum atomic E-state index is -0.560. The smallest absolute Gasteiger partial charge is 0.373 e. The van der Waals surface area contributed by atoms with Crippen molar-refractivity contribution < 1.29 is 19.1 Å². The Morgan fingerprint density at radius 1 is 1.20 bits per heavy atom. The van der Waals surface area contributed by atoms with Gasteiger partial charge in [0.1, 0.15) is 5.58 Å². The van der Waals surface area contributed by atoms with E-state index in [0.717, 1.165) is 66.7 Å². The van der Waals surface area contributed by atoms with Crippen molar-refractivity contribution in [3.05, 3.63) is 65.5 Å². The second kappa shape index (κ2) is 9.82. The minimum absolute atomic E-state index is 0.213. The summed E-state index contributed by atoms with van der Waals surface area (Å²) in [5.74, 6) is -0.261. The number of fused-ring (bicyclic) bond motifs is 2. The molecule has 4 aromatic rings. The fourth-order valence-electron chi connectivity index (χ4n) is 4.81. The van der Waals surface area contributed by atoms with Gasteiger partial charge in [-0.3, -0.25) is 4.90 Å². The lowest BCUT2D eigenvalue weighted by molar-refractivity contribution is 0.0567. The number of nitrogens with one attached hydrogen (secondary N) is 1. The van der Waals surface area contributed by atoms with Crippen LogP contribution in [0.15, 0.2) is 53.1 Å². The molecule has 8 nitrogen and oxygen atoms in total. The van der Waals surface area contributed by atoms with Crippen LogP contribution in [0.5, 0.6) is 0 Å². The van der Waals surface area contributed by atoms with E-state index in [1.165, 1.54) is 7.11 Å². The van der Waals surface area contributed by atoms with Gasteiger partial charge in [-0.1, -0.05) is 0 Å². The van der Waals surface area contributed by atoms with Crippen LogP contribution in [-0.2, 0) is 4.74 Å². The number of carbonyl (C=O) groups excluding carboxylic acids is 1. The Balaban J connectivity index is 1.13. The molecule has 3 heterocycles. The molecule has 5 rings (SSSR count). The number of hydrogen-bond acceptors (Lipinski definition) is 7. The van der Waals surface area contributed by atoms with Crippen LogP contribution in [0.1, 0.15) is 40.6 Å². The normalized spacial score (nSPS) is 15.4. The zero-order valence-corrected chi connectivity index (χ0v) is 19.7. The lowest BCUT2D eigenvalue weighted by atomic mass is 10.0. The number of aliphatic hydroxyl groups excluding tert-OH is 1. The summed E-state index contributed by atoms with van der Waals surface area (Å²) in [6, 6.07) is 15.4. The van der Waals surface area contributed by atoms with E-state index >= 15 is 0 Å². The van der Waals surface area contributed by atoms with Crippen molar-refractivity contribution in [1.82, 2.24) is 9.88 Å². The van der Waals surface area contributed by atoms with Crippen LogP contribution < -0.4 is 4.90 Å². The number of furan rings is 1. The summed E-state index contributed by atoms with van der Waals surface area (Å²) in [7, 11) is 1.34. The second-order valence-corrected chi connectivity index (χ2v) is 8.93. The Hall–Kier alpha value is -3.80. The van der Waals surface area contributed by atoms with Crippen LogP contribution in [0.3, 0.4) is 0 Å². The van der Waals surface area contributed by atoms with Crippen molar-refractivity contribution in [1.29, 1.82) is 5.26 Å². The average Bonchev–Trinajstić information content (AvgIpc) is 3.52. The molecule has 180 valence electrons. The van der Waals surface area contributed by atoms with Crippen molar-refractivity contribution in [2.24, 2.45) is 0 Å². The summed E-state index contributed by atoms with van der Waals surface area (Å²) >= 11 is 0. The van der Waals surface area contributed by atoms with Gasteiger partial charge in [-0.05, 0) is 61.9 Å². The molecule has 1 aliphatic heterocycles. The summed E-state index contributed by atoms with van der Waals surface area (Å²) in [6.45, 7) is 4.65. The molecule has 35 heavy (non-hydrogen) atoms. The third-order valence-electron chi connectivity index (χ3n) is 6.78. The highest BCUT2D eigenvalue weighted by Gasteiger charge is 2.20. The van der Waals surface area contributed by atoms with Crippen LogP contribution >= 0.6 is 0 Å². The van der Waals surface area contributed by atoms with E-state index in [4.69, 9.17) is 14.4 Å². The van der Waals surface area contributed by atoms with Gasteiger partial charge in [-0.2, -0.15) is 5.26 Å². The summed E-state index contributed by atoms with van der Waals surface area (Å²) in [5.41, 5.74) is 4.17. The van der Waals surface area contributed by atoms with E-state index in [1.54, 1.807) is 12.1 Å². The molecule has 1 saturated heterocycles. The number of esters is 1. The quantitative estimate of drug-likeness (QED) is 0.388. The molecule has 0 spiro atoms. The Bertz CT molecular complexity index is 1390. The van der Waals surface area contributed by atoms with Gasteiger partial charge in [0.15, 0.2) is 0 Å². The fraction of sp³-hybridized carbons (Fsp3) is 0.333. The molecule has 0 saturated carbocycles. The first-order valence-electron chi connectivity index (χ1n) is 11.8. The maximum atomic E-state index is 11.7. The monoisotopic (exact) mass is 472 g/mol. The van der Waals surface area contributed by atoms with Crippen molar-refractivity contribution >= 4 is 33.5 Å². The Labute approximate surface area is 203 Å². The van der Waals surface area contributed by atoms with E-state index < -0.39 is 12.1 Å². The third kappa shape index (κ3) is 4.74. The molecule has 0 radical (unpaired) electrons. The number of carbonyl (C=O) groups is 1. The van der Waals surface area contributed by atoms with Crippen LogP contribution in [-0.4, -0.2) is 60.8 Å². The van der Waals surface area contributed by atoms with Crippen LogP contribution in [0, 0.1) is 11.3 Å². The number of methoxy groups -OCH3 is 1. The number of hydrogen-bond donors (Lipinski definition) is 2. The number of H-pyrrole nitrogens is 1. The maximum Gasteiger partial charge on any atom is 0.373 e. The fourth-order valence-corrected chi connectivity index (χ4v) is 4.81. The molecule has 0 unspecified atom stereocenters. The number of rotatable bonds is 7. The number of nitrogens with zero attached hydrogens (tertiary/aromatic N) is 3.